The van der Waals surface area contributed by atoms with Crippen molar-refractivity contribution in [3.63, 3.8) is 0 Å². The van der Waals surface area contributed by atoms with Gasteiger partial charge in [-0.15, -0.1) is 10.2 Å². The van der Waals surface area contributed by atoms with Gasteiger partial charge in [-0.3, -0.25) is 4.79 Å². The lowest BCUT2D eigenvalue weighted by molar-refractivity contribution is -0.113. The van der Waals surface area contributed by atoms with Crippen LogP contribution in [0.5, 0.6) is 5.75 Å². The van der Waals surface area contributed by atoms with Crippen LogP contribution in [0.3, 0.4) is 0 Å². The molecule has 0 saturated heterocycles. The van der Waals surface area contributed by atoms with Gasteiger partial charge in [0.1, 0.15) is 5.75 Å². The first-order chi connectivity index (χ1) is 12.2. The maximum Gasteiger partial charge on any atom is 0.277 e. The Morgan fingerprint density at radius 1 is 1.16 bits per heavy atom. The van der Waals surface area contributed by atoms with E-state index >= 15 is 0 Å². The number of hydrogen-bond donors (Lipinski definition) is 1. The van der Waals surface area contributed by atoms with E-state index in [1.54, 1.807) is 0 Å². The summed E-state index contributed by atoms with van der Waals surface area (Å²) < 4.78 is 12.1. The van der Waals surface area contributed by atoms with Gasteiger partial charge in [0, 0.05) is 9.26 Å². The van der Waals surface area contributed by atoms with E-state index in [1.165, 1.54) is 11.8 Å². The largest absolute Gasteiger partial charge is 0.484 e. The molecular formula is C17H14IN3O3S. The quantitative estimate of drug-likeness (QED) is 0.419. The molecule has 0 saturated carbocycles. The Morgan fingerprint density at radius 2 is 2.00 bits per heavy atom. The van der Waals surface area contributed by atoms with Crippen molar-refractivity contribution in [1.29, 1.82) is 0 Å². The molecule has 0 atom stereocenters. The number of nitrogens with zero attached hydrogens (tertiary/aromatic N) is 2. The molecule has 8 heteroatoms. The Morgan fingerprint density at radius 3 is 2.80 bits per heavy atom. The summed E-state index contributed by atoms with van der Waals surface area (Å²) >= 11 is 3.38. The van der Waals surface area contributed by atoms with Crippen LogP contribution in [0.15, 0.2) is 64.2 Å². The fourth-order valence-corrected chi connectivity index (χ4v) is 3.03. The van der Waals surface area contributed by atoms with Crippen molar-refractivity contribution in [1.82, 2.24) is 10.2 Å². The second-order valence-electron chi connectivity index (χ2n) is 4.91. The van der Waals surface area contributed by atoms with Crippen LogP contribution >= 0.6 is 34.4 Å². The van der Waals surface area contributed by atoms with Gasteiger partial charge in [0.2, 0.25) is 5.91 Å². The maximum absolute atomic E-state index is 12.0. The van der Waals surface area contributed by atoms with Crippen LogP contribution in [0, 0.1) is 3.57 Å². The summed E-state index contributed by atoms with van der Waals surface area (Å²) in [6, 6.07) is 17.0. The molecule has 0 aliphatic rings. The van der Waals surface area contributed by atoms with Crippen molar-refractivity contribution in [3.8, 4) is 5.75 Å². The molecule has 2 aromatic carbocycles. The zero-order valence-corrected chi connectivity index (χ0v) is 16.0. The van der Waals surface area contributed by atoms with E-state index in [4.69, 9.17) is 9.15 Å². The number of carbonyl (C=O) groups excluding carboxylic acids is 1. The first-order valence-electron chi connectivity index (χ1n) is 7.37. The lowest BCUT2D eigenvalue weighted by Crippen LogP contribution is -2.14. The molecular weight excluding hydrogens is 453 g/mol. The third-order valence-corrected chi connectivity index (χ3v) is 4.48. The van der Waals surface area contributed by atoms with Crippen molar-refractivity contribution >= 4 is 45.9 Å². The molecule has 1 aromatic heterocycles. The zero-order chi connectivity index (χ0) is 17.5. The summed E-state index contributed by atoms with van der Waals surface area (Å²) in [5.74, 6) is 1.15. The van der Waals surface area contributed by atoms with E-state index < -0.39 is 0 Å². The second kappa shape index (κ2) is 8.86. The number of halogens is 1. The normalized spacial score (nSPS) is 10.4. The van der Waals surface area contributed by atoms with Crippen molar-refractivity contribution in [3.05, 3.63) is 64.1 Å². The number of anilines is 1. The minimum atomic E-state index is -0.132. The van der Waals surface area contributed by atoms with Gasteiger partial charge < -0.3 is 14.5 Å². The highest BCUT2D eigenvalue weighted by molar-refractivity contribution is 14.1. The Labute approximate surface area is 162 Å². The first kappa shape index (κ1) is 17.7. The predicted molar refractivity (Wildman–Crippen MR) is 104 cm³/mol. The van der Waals surface area contributed by atoms with Crippen LogP contribution in [0.2, 0.25) is 0 Å². The van der Waals surface area contributed by atoms with Gasteiger partial charge in [0.25, 0.3) is 11.1 Å². The summed E-state index contributed by atoms with van der Waals surface area (Å²) in [6.07, 6.45) is 0. The molecule has 0 bridgehead atoms. The van der Waals surface area contributed by atoms with Gasteiger partial charge >= 0.3 is 0 Å². The number of amides is 1. The Balaban J connectivity index is 1.45. The number of ether oxygens (including phenoxy) is 1. The van der Waals surface area contributed by atoms with Crippen LogP contribution in [0.25, 0.3) is 0 Å². The molecule has 3 rings (SSSR count). The summed E-state index contributed by atoms with van der Waals surface area (Å²) in [5, 5.41) is 11.0. The number of hydrogen-bond acceptors (Lipinski definition) is 6. The molecule has 6 nitrogen and oxygen atoms in total. The van der Waals surface area contributed by atoms with Crippen molar-refractivity contribution < 1.29 is 13.9 Å². The molecule has 0 aliphatic carbocycles. The van der Waals surface area contributed by atoms with Crippen LogP contribution in [0.1, 0.15) is 5.89 Å². The molecule has 1 amide bonds. The summed E-state index contributed by atoms with van der Waals surface area (Å²) in [7, 11) is 0. The average molecular weight is 467 g/mol. The number of para-hydroxylation sites is 1. The highest BCUT2D eigenvalue weighted by Crippen LogP contribution is 2.18. The summed E-state index contributed by atoms with van der Waals surface area (Å²) in [6.45, 7) is 0.187. The molecule has 0 fully saturated rings. The van der Waals surface area contributed by atoms with Crippen molar-refractivity contribution in [2.45, 2.75) is 11.8 Å². The van der Waals surface area contributed by atoms with E-state index in [-0.39, 0.29) is 18.3 Å². The second-order valence-corrected chi connectivity index (χ2v) is 7.08. The highest BCUT2D eigenvalue weighted by atomic mass is 127. The number of nitrogens with one attached hydrogen (secondary N) is 1. The summed E-state index contributed by atoms with van der Waals surface area (Å²) in [5.41, 5.74) is 0.764. The van der Waals surface area contributed by atoms with E-state index in [9.17, 15) is 4.79 Å². The van der Waals surface area contributed by atoms with Crippen LogP contribution in [-0.2, 0) is 11.4 Å². The molecule has 1 heterocycles. The number of aromatic nitrogens is 2. The van der Waals surface area contributed by atoms with E-state index in [2.05, 4.69) is 38.1 Å². The topological polar surface area (TPSA) is 77.2 Å². The van der Waals surface area contributed by atoms with E-state index in [0.717, 1.165) is 15.0 Å². The van der Waals surface area contributed by atoms with Gasteiger partial charge in [-0.2, -0.15) is 0 Å². The van der Waals surface area contributed by atoms with E-state index in [0.29, 0.717) is 11.1 Å². The zero-order valence-electron chi connectivity index (χ0n) is 13.0. The molecule has 1 N–H and O–H groups in total. The van der Waals surface area contributed by atoms with Crippen LogP contribution in [-0.4, -0.2) is 21.9 Å². The molecule has 128 valence electrons. The van der Waals surface area contributed by atoms with Crippen LogP contribution < -0.4 is 10.1 Å². The smallest absolute Gasteiger partial charge is 0.277 e. The van der Waals surface area contributed by atoms with Gasteiger partial charge in [0.05, 0.1) is 5.75 Å². The number of carbonyl (C=O) groups is 1. The highest BCUT2D eigenvalue weighted by Gasteiger charge is 2.10. The standard InChI is InChI=1S/C17H14IN3O3S/c18-12-5-4-6-13(9-12)19-15(22)11-25-17-21-20-16(24-17)10-23-14-7-2-1-3-8-14/h1-9H,10-11H2,(H,19,22). The predicted octanol–water partition coefficient (Wildman–Crippen LogP) is 3.98. The van der Waals surface area contributed by atoms with Crippen molar-refractivity contribution in [2.75, 3.05) is 11.1 Å². The average Bonchev–Trinajstić information content (AvgIpc) is 3.07. The minimum absolute atomic E-state index is 0.132. The van der Waals surface area contributed by atoms with Gasteiger partial charge in [-0.25, -0.2) is 0 Å². The fourth-order valence-electron chi connectivity index (χ4n) is 1.91. The number of benzene rings is 2. The van der Waals surface area contributed by atoms with Crippen molar-refractivity contribution in [2.24, 2.45) is 0 Å². The third-order valence-electron chi connectivity index (χ3n) is 2.99. The summed E-state index contributed by atoms with van der Waals surface area (Å²) in [4.78, 5) is 12.0. The Kier molecular flexibility index (Phi) is 6.29. The molecule has 0 unspecified atom stereocenters. The maximum atomic E-state index is 12.0. The molecule has 0 aliphatic heterocycles. The Bertz CT molecular complexity index is 842. The third kappa shape index (κ3) is 5.75. The monoisotopic (exact) mass is 467 g/mol. The number of rotatable bonds is 7. The molecule has 3 aromatic rings. The number of thioether (sulfide) groups is 1. The first-order valence-corrected chi connectivity index (χ1v) is 9.44. The van der Waals surface area contributed by atoms with E-state index in [1.807, 2.05) is 54.6 Å². The van der Waals surface area contributed by atoms with Crippen LogP contribution in [0.4, 0.5) is 5.69 Å². The van der Waals surface area contributed by atoms with Gasteiger partial charge in [-0.05, 0) is 52.9 Å². The van der Waals surface area contributed by atoms with Gasteiger partial charge in [0.15, 0.2) is 6.61 Å². The lowest BCUT2D eigenvalue weighted by Gasteiger charge is -2.04. The van der Waals surface area contributed by atoms with Gasteiger partial charge in [-0.1, -0.05) is 36.0 Å². The fraction of sp³-hybridized carbons (Fsp3) is 0.118. The lowest BCUT2D eigenvalue weighted by atomic mass is 10.3. The molecule has 0 radical (unpaired) electrons. The molecule has 0 spiro atoms. The SMILES string of the molecule is O=C(CSc1nnc(COc2ccccc2)o1)Nc1cccc(I)c1. The minimum Gasteiger partial charge on any atom is -0.484 e. The molecule has 25 heavy (non-hydrogen) atoms. The Hall–Kier alpha value is -2.07.